The predicted molar refractivity (Wildman–Crippen MR) is 93.5 cm³/mol. The summed E-state index contributed by atoms with van der Waals surface area (Å²) >= 11 is 0. The quantitative estimate of drug-likeness (QED) is 0.821. The van der Waals surface area contributed by atoms with Gasteiger partial charge < -0.3 is 9.80 Å². The first-order chi connectivity index (χ1) is 12.8. The first kappa shape index (κ1) is 19.1. The predicted octanol–water partition coefficient (Wildman–Crippen LogP) is 2.98. The van der Waals surface area contributed by atoms with Crippen LogP contribution in [0, 0.1) is 0 Å². The SMILES string of the molecule is CC(C)c1cc(C(F)(F)F)nc(N2CCN(C(=O)c3ccccn3)CC2)n1. The summed E-state index contributed by atoms with van der Waals surface area (Å²) in [6.45, 7) is 5.03. The number of aromatic nitrogens is 3. The molecule has 144 valence electrons. The molecule has 0 N–H and O–H groups in total. The van der Waals surface area contributed by atoms with Gasteiger partial charge in [-0.25, -0.2) is 9.97 Å². The summed E-state index contributed by atoms with van der Waals surface area (Å²) in [5, 5.41) is 0. The van der Waals surface area contributed by atoms with Crippen molar-refractivity contribution < 1.29 is 18.0 Å². The maximum atomic E-state index is 13.2. The second kappa shape index (κ2) is 7.50. The molecular weight excluding hydrogens is 359 g/mol. The van der Waals surface area contributed by atoms with Gasteiger partial charge in [0.15, 0.2) is 0 Å². The zero-order valence-electron chi connectivity index (χ0n) is 15.1. The Bertz CT molecular complexity index is 802. The Labute approximate surface area is 155 Å². The molecule has 0 saturated carbocycles. The average Bonchev–Trinajstić information content (AvgIpc) is 2.67. The number of nitrogens with zero attached hydrogens (tertiary/aromatic N) is 5. The first-order valence-electron chi connectivity index (χ1n) is 8.67. The molecule has 0 unspecified atom stereocenters. The second-order valence-corrected chi connectivity index (χ2v) is 6.62. The van der Waals surface area contributed by atoms with Crippen LogP contribution in [0.25, 0.3) is 0 Å². The van der Waals surface area contributed by atoms with E-state index in [0.29, 0.717) is 37.6 Å². The van der Waals surface area contributed by atoms with E-state index in [1.165, 1.54) is 0 Å². The third-order valence-electron chi connectivity index (χ3n) is 4.35. The van der Waals surface area contributed by atoms with Gasteiger partial charge in [0.2, 0.25) is 5.95 Å². The number of alkyl halides is 3. The minimum atomic E-state index is -4.53. The molecule has 3 heterocycles. The smallest absolute Gasteiger partial charge is 0.337 e. The zero-order valence-corrected chi connectivity index (χ0v) is 15.1. The Kier molecular flexibility index (Phi) is 5.29. The van der Waals surface area contributed by atoms with Crippen molar-refractivity contribution in [3.63, 3.8) is 0 Å². The molecule has 3 rings (SSSR count). The monoisotopic (exact) mass is 379 g/mol. The highest BCUT2D eigenvalue weighted by Crippen LogP contribution is 2.31. The van der Waals surface area contributed by atoms with Crippen LogP contribution in [0.2, 0.25) is 0 Å². The van der Waals surface area contributed by atoms with Gasteiger partial charge >= 0.3 is 6.18 Å². The lowest BCUT2D eigenvalue weighted by atomic mass is 10.1. The maximum Gasteiger partial charge on any atom is 0.433 e. The molecule has 0 bridgehead atoms. The molecule has 0 aromatic carbocycles. The van der Waals surface area contributed by atoms with Crippen LogP contribution < -0.4 is 4.90 Å². The lowest BCUT2D eigenvalue weighted by Crippen LogP contribution is -2.49. The van der Waals surface area contributed by atoms with Gasteiger partial charge in [-0.15, -0.1) is 0 Å². The van der Waals surface area contributed by atoms with Crippen LogP contribution in [0.15, 0.2) is 30.5 Å². The van der Waals surface area contributed by atoms with Crippen molar-refractivity contribution >= 4 is 11.9 Å². The first-order valence-corrected chi connectivity index (χ1v) is 8.67. The number of piperazine rings is 1. The van der Waals surface area contributed by atoms with E-state index < -0.39 is 11.9 Å². The molecule has 2 aromatic heterocycles. The number of hydrogen-bond donors (Lipinski definition) is 0. The zero-order chi connectivity index (χ0) is 19.6. The van der Waals surface area contributed by atoms with Crippen molar-refractivity contribution in [1.82, 2.24) is 19.9 Å². The molecule has 1 amide bonds. The molecule has 0 aliphatic carbocycles. The van der Waals surface area contributed by atoms with Crippen molar-refractivity contribution in [1.29, 1.82) is 0 Å². The van der Waals surface area contributed by atoms with Gasteiger partial charge in [0, 0.05) is 38.1 Å². The number of carbonyl (C=O) groups excluding carboxylic acids is 1. The molecule has 0 radical (unpaired) electrons. The number of amides is 1. The van der Waals surface area contributed by atoms with E-state index in [2.05, 4.69) is 15.0 Å². The molecule has 6 nitrogen and oxygen atoms in total. The maximum absolute atomic E-state index is 13.2. The van der Waals surface area contributed by atoms with Crippen LogP contribution in [-0.2, 0) is 6.18 Å². The largest absolute Gasteiger partial charge is 0.433 e. The molecule has 2 aromatic rings. The summed E-state index contributed by atoms with van der Waals surface area (Å²) in [6.07, 6.45) is -2.98. The van der Waals surface area contributed by atoms with Crippen LogP contribution in [0.1, 0.15) is 41.6 Å². The minimum absolute atomic E-state index is 0.0541. The summed E-state index contributed by atoms with van der Waals surface area (Å²) in [5.74, 6) is -0.290. The summed E-state index contributed by atoms with van der Waals surface area (Å²) in [6, 6.07) is 6.10. The van der Waals surface area contributed by atoms with E-state index in [1.807, 2.05) is 0 Å². The number of rotatable bonds is 3. The lowest BCUT2D eigenvalue weighted by Gasteiger charge is -2.35. The Balaban J connectivity index is 1.76. The van der Waals surface area contributed by atoms with Crippen LogP contribution in [0.4, 0.5) is 19.1 Å². The van der Waals surface area contributed by atoms with Crippen molar-refractivity contribution in [2.45, 2.75) is 25.9 Å². The summed E-state index contributed by atoms with van der Waals surface area (Å²) in [4.78, 5) is 27.8. The fourth-order valence-corrected chi connectivity index (χ4v) is 2.80. The normalized spacial score (nSPS) is 15.3. The van der Waals surface area contributed by atoms with E-state index in [-0.39, 0.29) is 17.8 Å². The molecule has 1 aliphatic heterocycles. The Morgan fingerprint density at radius 3 is 2.37 bits per heavy atom. The van der Waals surface area contributed by atoms with Gasteiger partial charge in [0.1, 0.15) is 11.4 Å². The number of hydrogen-bond acceptors (Lipinski definition) is 5. The highest BCUT2D eigenvalue weighted by atomic mass is 19.4. The minimum Gasteiger partial charge on any atom is -0.337 e. The number of pyridine rings is 1. The van der Waals surface area contributed by atoms with Gasteiger partial charge in [-0.3, -0.25) is 9.78 Å². The standard InChI is InChI=1S/C18H20F3N5O/c1-12(2)14-11-15(18(19,20)21)24-17(23-14)26-9-7-25(8-10-26)16(27)13-5-3-4-6-22-13/h3-6,11-12H,7-10H2,1-2H3. The van der Waals surface area contributed by atoms with Gasteiger partial charge in [0.25, 0.3) is 5.91 Å². The van der Waals surface area contributed by atoms with E-state index in [9.17, 15) is 18.0 Å². The summed E-state index contributed by atoms with van der Waals surface area (Å²) in [7, 11) is 0. The lowest BCUT2D eigenvalue weighted by molar-refractivity contribution is -0.141. The molecule has 1 aliphatic rings. The molecule has 0 spiro atoms. The average molecular weight is 379 g/mol. The van der Waals surface area contributed by atoms with Gasteiger partial charge in [-0.05, 0) is 24.1 Å². The molecule has 9 heteroatoms. The number of carbonyl (C=O) groups is 1. The topological polar surface area (TPSA) is 62.2 Å². The molecule has 1 fully saturated rings. The Morgan fingerprint density at radius 2 is 1.81 bits per heavy atom. The fourth-order valence-electron chi connectivity index (χ4n) is 2.80. The van der Waals surface area contributed by atoms with Gasteiger partial charge in [0.05, 0.1) is 0 Å². The molecule has 27 heavy (non-hydrogen) atoms. The number of anilines is 1. The highest BCUT2D eigenvalue weighted by molar-refractivity contribution is 5.92. The molecular formula is C18H20F3N5O. The fraction of sp³-hybridized carbons (Fsp3) is 0.444. The second-order valence-electron chi connectivity index (χ2n) is 6.62. The van der Waals surface area contributed by atoms with Crippen LogP contribution in [0.3, 0.4) is 0 Å². The Morgan fingerprint density at radius 1 is 1.11 bits per heavy atom. The van der Waals surface area contributed by atoms with Crippen molar-refractivity contribution in [3.8, 4) is 0 Å². The van der Waals surface area contributed by atoms with Gasteiger partial charge in [-0.2, -0.15) is 13.2 Å². The van der Waals surface area contributed by atoms with E-state index in [0.717, 1.165) is 6.07 Å². The number of halogens is 3. The van der Waals surface area contributed by atoms with E-state index in [1.54, 1.807) is 48.0 Å². The van der Waals surface area contributed by atoms with Crippen LogP contribution in [-0.4, -0.2) is 51.9 Å². The molecule has 0 atom stereocenters. The summed E-state index contributed by atoms with van der Waals surface area (Å²) in [5.41, 5.74) is -0.245. The summed E-state index contributed by atoms with van der Waals surface area (Å²) < 4.78 is 39.5. The van der Waals surface area contributed by atoms with Crippen molar-refractivity contribution in [2.75, 3.05) is 31.1 Å². The molecule has 1 saturated heterocycles. The Hall–Kier alpha value is -2.71. The van der Waals surface area contributed by atoms with Crippen LogP contribution >= 0.6 is 0 Å². The van der Waals surface area contributed by atoms with Crippen LogP contribution in [0.5, 0.6) is 0 Å². The third-order valence-corrected chi connectivity index (χ3v) is 4.35. The van der Waals surface area contributed by atoms with Gasteiger partial charge in [-0.1, -0.05) is 19.9 Å². The van der Waals surface area contributed by atoms with Crippen molar-refractivity contribution in [2.24, 2.45) is 0 Å². The van der Waals surface area contributed by atoms with E-state index >= 15 is 0 Å². The van der Waals surface area contributed by atoms with Crippen molar-refractivity contribution in [3.05, 3.63) is 47.5 Å². The van der Waals surface area contributed by atoms with E-state index in [4.69, 9.17) is 0 Å². The third kappa shape index (κ3) is 4.35. The highest BCUT2D eigenvalue weighted by Gasteiger charge is 2.35.